The van der Waals surface area contributed by atoms with Crippen LogP contribution in [0.4, 0.5) is 5.69 Å². The SMILES string of the molecule is CCc1ccc(NC2=NC(NCCO)=CN(NCCO)N2)cc1. The van der Waals surface area contributed by atoms with Crippen molar-refractivity contribution in [3.63, 3.8) is 0 Å². The molecule has 0 aliphatic carbocycles. The second kappa shape index (κ2) is 8.99. The number of hydrazine groups is 2. The maximum atomic E-state index is 8.92. The van der Waals surface area contributed by atoms with Crippen LogP contribution in [-0.2, 0) is 6.42 Å². The minimum absolute atomic E-state index is 0.0177. The van der Waals surface area contributed by atoms with Gasteiger partial charge in [0.2, 0.25) is 5.96 Å². The van der Waals surface area contributed by atoms with E-state index >= 15 is 0 Å². The molecule has 0 bridgehead atoms. The molecular weight excluding hydrogens is 296 g/mol. The van der Waals surface area contributed by atoms with Crippen molar-refractivity contribution in [3.05, 3.63) is 41.8 Å². The highest BCUT2D eigenvalue weighted by molar-refractivity contribution is 5.94. The van der Waals surface area contributed by atoms with Crippen LogP contribution >= 0.6 is 0 Å². The first-order valence-electron chi connectivity index (χ1n) is 7.66. The van der Waals surface area contributed by atoms with Crippen molar-refractivity contribution in [3.8, 4) is 0 Å². The molecule has 0 spiro atoms. The molecular formula is C15H24N6O2. The van der Waals surface area contributed by atoms with Gasteiger partial charge in [0.25, 0.3) is 0 Å². The van der Waals surface area contributed by atoms with Crippen molar-refractivity contribution in [2.75, 3.05) is 31.6 Å². The van der Waals surface area contributed by atoms with Gasteiger partial charge in [-0.15, -0.1) is 0 Å². The van der Waals surface area contributed by atoms with Gasteiger partial charge in [-0.1, -0.05) is 19.1 Å². The lowest BCUT2D eigenvalue weighted by Gasteiger charge is -2.28. The maximum Gasteiger partial charge on any atom is 0.222 e. The van der Waals surface area contributed by atoms with E-state index in [0.29, 0.717) is 24.9 Å². The van der Waals surface area contributed by atoms with Gasteiger partial charge >= 0.3 is 0 Å². The number of aliphatic hydroxyl groups excluding tert-OH is 2. The Kier molecular flexibility index (Phi) is 6.67. The zero-order valence-electron chi connectivity index (χ0n) is 13.2. The molecule has 6 N–H and O–H groups in total. The number of aliphatic imine (C=N–C) groups is 1. The van der Waals surface area contributed by atoms with Crippen molar-refractivity contribution in [1.82, 2.24) is 21.3 Å². The summed E-state index contributed by atoms with van der Waals surface area (Å²) >= 11 is 0. The van der Waals surface area contributed by atoms with Crippen molar-refractivity contribution in [2.45, 2.75) is 13.3 Å². The lowest BCUT2D eigenvalue weighted by molar-refractivity contribution is 0.189. The Morgan fingerprint density at radius 1 is 1.13 bits per heavy atom. The lowest BCUT2D eigenvalue weighted by atomic mass is 10.1. The summed E-state index contributed by atoms with van der Waals surface area (Å²) in [5, 5.41) is 25.7. The van der Waals surface area contributed by atoms with E-state index in [4.69, 9.17) is 10.2 Å². The van der Waals surface area contributed by atoms with E-state index in [-0.39, 0.29) is 13.2 Å². The van der Waals surface area contributed by atoms with Crippen LogP contribution in [0.1, 0.15) is 12.5 Å². The molecule has 0 fully saturated rings. The minimum Gasteiger partial charge on any atom is -0.395 e. The summed E-state index contributed by atoms with van der Waals surface area (Å²) in [6, 6.07) is 8.11. The van der Waals surface area contributed by atoms with Gasteiger partial charge in [0.05, 0.1) is 19.4 Å². The second-order valence-electron chi connectivity index (χ2n) is 4.91. The first kappa shape index (κ1) is 17.1. The number of guanidine groups is 1. The second-order valence-corrected chi connectivity index (χ2v) is 4.91. The van der Waals surface area contributed by atoms with E-state index in [2.05, 4.69) is 45.5 Å². The molecule has 8 nitrogen and oxygen atoms in total. The predicted octanol–water partition coefficient (Wildman–Crippen LogP) is -0.285. The minimum atomic E-state index is 0.0177. The molecule has 1 aromatic rings. The number of aryl methyl sites for hydroxylation is 1. The predicted molar refractivity (Wildman–Crippen MR) is 90.1 cm³/mol. The van der Waals surface area contributed by atoms with E-state index in [0.717, 1.165) is 12.1 Å². The highest BCUT2D eigenvalue weighted by Crippen LogP contribution is 2.11. The van der Waals surface area contributed by atoms with Crippen LogP contribution in [0, 0.1) is 0 Å². The van der Waals surface area contributed by atoms with E-state index < -0.39 is 0 Å². The summed E-state index contributed by atoms with van der Waals surface area (Å²) in [7, 11) is 0. The number of nitrogens with zero attached hydrogens (tertiary/aromatic N) is 2. The Hall–Kier alpha value is -2.29. The summed E-state index contributed by atoms with van der Waals surface area (Å²) in [5.74, 6) is 1.12. The molecule has 0 unspecified atom stereocenters. The average Bonchev–Trinajstić information content (AvgIpc) is 2.58. The Morgan fingerprint density at radius 2 is 1.87 bits per heavy atom. The van der Waals surface area contributed by atoms with Crippen LogP contribution in [0.2, 0.25) is 0 Å². The van der Waals surface area contributed by atoms with Crippen LogP contribution in [0.3, 0.4) is 0 Å². The summed E-state index contributed by atoms with van der Waals surface area (Å²) in [5.41, 5.74) is 8.21. The number of rotatable bonds is 8. The van der Waals surface area contributed by atoms with Gasteiger partial charge < -0.3 is 20.8 Å². The number of anilines is 1. The van der Waals surface area contributed by atoms with Gasteiger partial charge in [0, 0.05) is 18.8 Å². The smallest absolute Gasteiger partial charge is 0.222 e. The zero-order chi connectivity index (χ0) is 16.5. The molecule has 2 rings (SSSR count). The fraction of sp³-hybridized carbons (Fsp3) is 0.400. The van der Waals surface area contributed by atoms with E-state index in [1.807, 2.05) is 12.1 Å². The summed E-state index contributed by atoms with van der Waals surface area (Å²) in [6.45, 7) is 2.95. The highest BCUT2D eigenvalue weighted by Gasteiger charge is 2.12. The van der Waals surface area contributed by atoms with E-state index in [1.165, 1.54) is 5.56 Å². The topological polar surface area (TPSA) is 104 Å². The van der Waals surface area contributed by atoms with Gasteiger partial charge in [-0.25, -0.2) is 10.5 Å². The molecule has 23 heavy (non-hydrogen) atoms. The number of aliphatic hydroxyl groups is 2. The van der Waals surface area contributed by atoms with Gasteiger partial charge in [0.1, 0.15) is 5.82 Å². The molecule has 1 heterocycles. The van der Waals surface area contributed by atoms with Crippen molar-refractivity contribution in [1.29, 1.82) is 0 Å². The largest absolute Gasteiger partial charge is 0.395 e. The molecule has 0 radical (unpaired) electrons. The van der Waals surface area contributed by atoms with Crippen molar-refractivity contribution in [2.24, 2.45) is 4.99 Å². The Labute approximate surface area is 135 Å². The molecule has 0 atom stereocenters. The lowest BCUT2D eigenvalue weighted by Crippen LogP contribution is -2.52. The number of benzene rings is 1. The standard InChI is InChI=1S/C15H24N6O2/c1-2-12-3-5-13(6-4-12)18-15-19-14(16-7-9-22)11-21(20-15)17-8-10-23/h3-6,11,16-17,22-23H,2,7-10H2,1H3,(H2,18,19,20). The molecule has 0 aromatic heterocycles. The quantitative estimate of drug-likeness (QED) is 0.391. The maximum absolute atomic E-state index is 8.92. The van der Waals surface area contributed by atoms with Crippen LogP contribution in [0.25, 0.3) is 0 Å². The normalized spacial score (nSPS) is 14.0. The highest BCUT2D eigenvalue weighted by atomic mass is 16.3. The van der Waals surface area contributed by atoms with Crippen LogP contribution < -0.4 is 21.5 Å². The molecule has 1 aliphatic heterocycles. The summed E-state index contributed by atoms with van der Waals surface area (Å²) < 4.78 is 0. The third-order valence-electron chi connectivity index (χ3n) is 3.15. The average molecular weight is 320 g/mol. The fourth-order valence-electron chi connectivity index (χ4n) is 1.98. The first-order valence-corrected chi connectivity index (χ1v) is 7.66. The van der Waals surface area contributed by atoms with E-state index in [9.17, 15) is 0 Å². The number of hydrogen-bond donors (Lipinski definition) is 6. The summed E-state index contributed by atoms with van der Waals surface area (Å²) in [6.07, 6.45) is 2.70. The van der Waals surface area contributed by atoms with Crippen molar-refractivity contribution < 1.29 is 10.2 Å². The third-order valence-corrected chi connectivity index (χ3v) is 3.15. The molecule has 1 aliphatic rings. The van der Waals surface area contributed by atoms with Gasteiger partial charge in [-0.2, -0.15) is 4.99 Å². The van der Waals surface area contributed by atoms with Crippen molar-refractivity contribution >= 4 is 11.6 Å². The van der Waals surface area contributed by atoms with E-state index in [1.54, 1.807) is 11.3 Å². The zero-order valence-corrected chi connectivity index (χ0v) is 13.2. The molecule has 0 saturated heterocycles. The van der Waals surface area contributed by atoms with Gasteiger partial charge in [0.15, 0.2) is 0 Å². The summed E-state index contributed by atoms with van der Waals surface area (Å²) in [4.78, 5) is 4.40. The molecule has 0 saturated carbocycles. The molecule has 126 valence electrons. The van der Waals surface area contributed by atoms with Gasteiger partial charge in [-0.3, -0.25) is 5.43 Å². The Morgan fingerprint density at radius 3 is 2.52 bits per heavy atom. The Bertz CT molecular complexity index is 543. The number of hydrogen-bond acceptors (Lipinski definition) is 8. The van der Waals surface area contributed by atoms with Crippen LogP contribution in [0.5, 0.6) is 0 Å². The number of nitrogens with one attached hydrogen (secondary N) is 4. The molecule has 1 aromatic carbocycles. The first-order chi connectivity index (χ1) is 11.2. The molecule has 0 amide bonds. The van der Waals surface area contributed by atoms with Crippen LogP contribution in [0.15, 0.2) is 41.3 Å². The third kappa shape index (κ3) is 5.44. The monoisotopic (exact) mass is 320 g/mol. The van der Waals surface area contributed by atoms with Crippen LogP contribution in [-0.4, -0.2) is 47.6 Å². The fourth-order valence-corrected chi connectivity index (χ4v) is 1.98. The molecule has 8 heteroatoms. The van der Waals surface area contributed by atoms with Gasteiger partial charge in [-0.05, 0) is 24.1 Å². The Balaban J connectivity index is 2.05.